The lowest BCUT2D eigenvalue weighted by Gasteiger charge is -2.30. The smallest absolute Gasteiger partial charge is 0.240 e. The highest BCUT2D eigenvalue weighted by atomic mass is 35.5. The Labute approximate surface area is 150 Å². The molecule has 5 nitrogen and oxygen atoms in total. The zero-order chi connectivity index (χ0) is 16.3. The Hall–Kier alpha value is -0.820. The highest BCUT2D eigenvalue weighted by Crippen LogP contribution is 2.29. The van der Waals surface area contributed by atoms with Crippen molar-refractivity contribution in [1.82, 2.24) is 4.72 Å². The van der Waals surface area contributed by atoms with Crippen molar-refractivity contribution in [2.75, 3.05) is 13.2 Å². The molecule has 1 unspecified atom stereocenters. The molecule has 1 atom stereocenters. The van der Waals surface area contributed by atoms with Crippen molar-refractivity contribution in [3.8, 4) is 5.75 Å². The van der Waals surface area contributed by atoms with Crippen molar-refractivity contribution in [2.24, 2.45) is 11.7 Å². The summed E-state index contributed by atoms with van der Waals surface area (Å²) in [6.07, 6.45) is 7.48. The van der Waals surface area contributed by atoms with E-state index >= 15 is 0 Å². The molecule has 7 heteroatoms. The maximum Gasteiger partial charge on any atom is 0.240 e. The molecule has 1 heterocycles. The number of rotatable bonds is 5. The van der Waals surface area contributed by atoms with Gasteiger partial charge in [-0.05, 0) is 55.4 Å². The first-order valence-electron chi connectivity index (χ1n) is 8.58. The summed E-state index contributed by atoms with van der Waals surface area (Å²) >= 11 is 0. The first-order valence-corrected chi connectivity index (χ1v) is 10.1. The van der Waals surface area contributed by atoms with Gasteiger partial charge in [0.2, 0.25) is 10.0 Å². The normalized spacial score (nSPS) is 19.7. The van der Waals surface area contributed by atoms with Crippen LogP contribution in [0.1, 0.15) is 44.1 Å². The molecule has 0 spiro atoms. The van der Waals surface area contributed by atoms with Gasteiger partial charge in [0, 0.05) is 12.6 Å². The maximum absolute atomic E-state index is 12.7. The molecular formula is C17H27ClN2O3S. The summed E-state index contributed by atoms with van der Waals surface area (Å²) in [4.78, 5) is 0.316. The molecule has 1 aromatic carbocycles. The molecule has 1 saturated carbocycles. The van der Waals surface area contributed by atoms with Gasteiger partial charge in [-0.1, -0.05) is 19.3 Å². The second kappa shape index (κ2) is 8.52. The fourth-order valence-electron chi connectivity index (χ4n) is 3.64. The van der Waals surface area contributed by atoms with Gasteiger partial charge in [0.05, 0.1) is 11.5 Å². The third-order valence-electron chi connectivity index (χ3n) is 4.97. The summed E-state index contributed by atoms with van der Waals surface area (Å²) in [5.41, 5.74) is 6.83. The van der Waals surface area contributed by atoms with E-state index in [0.29, 0.717) is 24.0 Å². The Bertz CT molecular complexity index is 645. The van der Waals surface area contributed by atoms with Crippen molar-refractivity contribution in [1.29, 1.82) is 0 Å². The lowest BCUT2D eigenvalue weighted by atomic mass is 9.84. The summed E-state index contributed by atoms with van der Waals surface area (Å²) < 4.78 is 33.8. The molecule has 1 aromatic rings. The van der Waals surface area contributed by atoms with Crippen molar-refractivity contribution >= 4 is 22.4 Å². The van der Waals surface area contributed by atoms with Gasteiger partial charge in [0.25, 0.3) is 0 Å². The quantitative estimate of drug-likeness (QED) is 0.830. The van der Waals surface area contributed by atoms with Crippen LogP contribution in [0.4, 0.5) is 0 Å². The van der Waals surface area contributed by atoms with Gasteiger partial charge in [-0.3, -0.25) is 0 Å². The van der Waals surface area contributed by atoms with Gasteiger partial charge in [-0.2, -0.15) is 0 Å². The molecule has 1 aliphatic heterocycles. The van der Waals surface area contributed by atoms with Crippen LogP contribution in [0.3, 0.4) is 0 Å². The highest BCUT2D eigenvalue weighted by molar-refractivity contribution is 7.89. The SMILES string of the molecule is Cl.NCC(NS(=O)(=O)c1ccc2c(c1)CCCO2)C1CCCCC1. The van der Waals surface area contributed by atoms with Crippen LogP contribution in [-0.4, -0.2) is 27.6 Å². The van der Waals surface area contributed by atoms with E-state index in [-0.39, 0.29) is 18.4 Å². The zero-order valence-electron chi connectivity index (χ0n) is 13.9. The molecule has 0 aromatic heterocycles. The fraction of sp³-hybridized carbons (Fsp3) is 0.647. The largest absolute Gasteiger partial charge is 0.493 e. The van der Waals surface area contributed by atoms with E-state index in [1.165, 1.54) is 19.3 Å². The molecule has 0 bridgehead atoms. The minimum atomic E-state index is -3.54. The second-order valence-electron chi connectivity index (χ2n) is 6.58. The number of halogens is 1. The molecule has 0 saturated heterocycles. The third-order valence-corrected chi connectivity index (χ3v) is 6.46. The number of nitrogens with two attached hydrogens (primary N) is 1. The molecule has 1 fully saturated rings. The lowest BCUT2D eigenvalue weighted by molar-refractivity contribution is 0.288. The standard InChI is InChI=1S/C17H26N2O3S.ClH/c18-12-16(13-5-2-1-3-6-13)19-23(20,21)15-8-9-17-14(11-15)7-4-10-22-17;/h8-9,11,13,16,19H,1-7,10,12,18H2;1H. The zero-order valence-corrected chi connectivity index (χ0v) is 15.5. The second-order valence-corrected chi connectivity index (χ2v) is 8.30. The topological polar surface area (TPSA) is 81.4 Å². The van der Waals surface area contributed by atoms with E-state index in [1.54, 1.807) is 18.2 Å². The van der Waals surface area contributed by atoms with Crippen molar-refractivity contribution in [2.45, 2.75) is 55.9 Å². The van der Waals surface area contributed by atoms with E-state index in [2.05, 4.69) is 4.72 Å². The van der Waals surface area contributed by atoms with Crippen LogP contribution in [0.25, 0.3) is 0 Å². The van der Waals surface area contributed by atoms with Gasteiger partial charge in [-0.25, -0.2) is 13.1 Å². The van der Waals surface area contributed by atoms with Crippen LogP contribution in [0.15, 0.2) is 23.1 Å². The third kappa shape index (κ3) is 4.42. The van der Waals surface area contributed by atoms with Crippen molar-refractivity contribution < 1.29 is 13.2 Å². The maximum atomic E-state index is 12.7. The van der Waals surface area contributed by atoms with Gasteiger partial charge in [0.15, 0.2) is 0 Å². The van der Waals surface area contributed by atoms with E-state index in [0.717, 1.165) is 37.0 Å². The number of ether oxygens (including phenoxy) is 1. The summed E-state index contributed by atoms with van der Waals surface area (Å²) in [7, 11) is -3.54. The molecule has 1 aliphatic carbocycles. The Kier molecular flexibility index (Phi) is 6.92. The minimum absolute atomic E-state index is 0. The van der Waals surface area contributed by atoms with E-state index < -0.39 is 10.0 Å². The molecular weight excluding hydrogens is 348 g/mol. The average molecular weight is 375 g/mol. The molecule has 3 rings (SSSR count). The van der Waals surface area contributed by atoms with E-state index in [1.807, 2.05) is 0 Å². The molecule has 2 aliphatic rings. The number of nitrogens with one attached hydrogen (secondary N) is 1. The minimum Gasteiger partial charge on any atom is -0.493 e. The Morgan fingerprint density at radius 2 is 1.96 bits per heavy atom. The number of hydrogen-bond acceptors (Lipinski definition) is 4. The molecule has 136 valence electrons. The number of benzene rings is 1. The number of sulfonamides is 1. The summed E-state index contributed by atoms with van der Waals surface area (Å²) in [5, 5.41) is 0. The summed E-state index contributed by atoms with van der Waals surface area (Å²) in [6.45, 7) is 1.05. The van der Waals surface area contributed by atoms with E-state index in [9.17, 15) is 8.42 Å². The van der Waals surface area contributed by atoms with Gasteiger partial charge in [-0.15, -0.1) is 12.4 Å². The van der Waals surface area contributed by atoms with Crippen LogP contribution < -0.4 is 15.2 Å². The predicted octanol–water partition coefficient (Wildman–Crippen LogP) is 2.62. The van der Waals surface area contributed by atoms with Crippen LogP contribution >= 0.6 is 12.4 Å². The Morgan fingerprint density at radius 1 is 1.21 bits per heavy atom. The number of fused-ring (bicyclic) bond motifs is 1. The average Bonchev–Trinajstić information content (AvgIpc) is 2.60. The summed E-state index contributed by atoms with van der Waals surface area (Å²) in [6, 6.07) is 4.96. The molecule has 0 amide bonds. The predicted molar refractivity (Wildman–Crippen MR) is 97.2 cm³/mol. The van der Waals surface area contributed by atoms with Crippen molar-refractivity contribution in [3.63, 3.8) is 0 Å². The Morgan fingerprint density at radius 3 is 2.67 bits per heavy atom. The lowest BCUT2D eigenvalue weighted by Crippen LogP contribution is -2.45. The molecule has 0 radical (unpaired) electrons. The van der Waals surface area contributed by atoms with Crippen LogP contribution in [-0.2, 0) is 16.4 Å². The molecule has 24 heavy (non-hydrogen) atoms. The number of aryl methyl sites for hydroxylation is 1. The molecule has 3 N–H and O–H groups in total. The van der Waals surface area contributed by atoms with Crippen LogP contribution in [0, 0.1) is 5.92 Å². The highest BCUT2D eigenvalue weighted by Gasteiger charge is 2.28. The van der Waals surface area contributed by atoms with Crippen LogP contribution in [0.2, 0.25) is 0 Å². The van der Waals surface area contributed by atoms with Gasteiger partial charge >= 0.3 is 0 Å². The monoisotopic (exact) mass is 374 g/mol. The van der Waals surface area contributed by atoms with Crippen molar-refractivity contribution in [3.05, 3.63) is 23.8 Å². The first kappa shape index (κ1) is 19.5. The Balaban J connectivity index is 0.00000208. The number of hydrogen-bond donors (Lipinski definition) is 2. The first-order chi connectivity index (χ1) is 11.1. The van der Waals surface area contributed by atoms with Gasteiger partial charge < -0.3 is 10.5 Å². The van der Waals surface area contributed by atoms with Crippen LogP contribution in [0.5, 0.6) is 5.75 Å². The van der Waals surface area contributed by atoms with Gasteiger partial charge in [0.1, 0.15) is 5.75 Å². The summed E-state index contributed by atoms with van der Waals surface area (Å²) in [5.74, 6) is 1.15. The fourth-order valence-corrected chi connectivity index (χ4v) is 5.01. The van der Waals surface area contributed by atoms with E-state index in [4.69, 9.17) is 10.5 Å².